The van der Waals surface area contributed by atoms with E-state index in [0.717, 1.165) is 50.5 Å². The van der Waals surface area contributed by atoms with Crippen LogP contribution in [0.15, 0.2) is 11.1 Å². The molecule has 55 heavy (non-hydrogen) atoms. The van der Waals surface area contributed by atoms with Crippen molar-refractivity contribution in [2.75, 3.05) is 13.1 Å². The van der Waals surface area contributed by atoms with Crippen molar-refractivity contribution in [1.29, 1.82) is 0 Å². The second-order valence-electron chi connectivity index (χ2n) is 21.3. The van der Waals surface area contributed by atoms with Gasteiger partial charge in [-0.3, -0.25) is 19.2 Å². The number of rotatable bonds is 8. The van der Waals surface area contributed by atoms with Gasteiger partial charge in [-0.2, -0.15) is 0 Å². The molecule has 5 fully saturated rings. The molecule has 0 bridgehead atoms. The summed E-state index contributed by atoms with van der Waals surface area (Å²) in [5.41, 5.74) is -0.174. The fourth-order valence-electron chi connectivity index (χ4n) is 13.7. The van der Waals surface area contributed by atoms with Gasteiger partial charge < -0.3 is 25.4 Å². The molecule has 1 heterocycles. The van der Waals surface area contributed by atoms with E-state index in [-0.39, 0.29) is 82.2 Å². The van der Waals surface area contributed by atoms with Crippen LogP contribution in [0, 0.1) is 56.2 Å². The fraction of sp³-hybridized carbons (Fsp3) is 0.844. The van der Waals surface area contributed by atoms with E-state index in [9.17, 15) is 29.1 Å². The molecule has 6 rings (SSSR count). The number of allylic oxidation sites excluding steroid dienone is 1. The SMILES string of the molecule is CC(C)NC(=O)NC1CCN(C(=O)[C@@]23CC[C@]4(C)[C@H](CC[C@@H]5[C@@]6(C)CC[C@H](OC(=O)CC(C)(C)C(=O)O)C(C)(C)[C@@H]6CC[C@]54C)C2=C(C(C)C)C(=O)C3)CC1. The maximum Gasteiger partial charge on any atom is 0.315 e. The highest BCUT2D eigenvalue weighted by molar-refractivity contribution is 6.07. The van der Waals surface area contributed by atoms with Crippen LogP contribution >= 0.6 is 0 Å². The number of hydrogen-bond donors (Lipinski definition) is 3. The number of carboxylic acids is 1. The molecule has 1 aliphatic heterocycles. The molecular weight excluding hydrogens is 695 g/mol. The average Bonchev–Trinajstić information content (AvgIpc) is 3.39. The van der Waals surface area contributed by atoms with Crippen molar-refractivity contribution in [2.45, 2.75) is 171 Å². The van der Waals surface area contributed by atoms with Gasteiger partial charge in [0.15, 0.2) is 5.78 Å². The fourth-order valence-corrected chi connectivity index (χ4v) is 13.7. The van der Waals surface area contributed by atoms with Crippen molar-refractivity contribution in [3.63, 3.8) is 0 Å². The van der Waals surface area contributed by atoms with Crippen LogP contribution in [-0.4, -0.2) is 70.9 Å². The van der Waals surface area contributed by atoms with E-state index in [1.807, 2.05) is 18.7 Å². The Morgan fingerprint density at radius 3 is 2.11 bits per heavy atom. The van der Waals surface area contributed by atoms with Gasteiger partial charge in [-0.15, -0.1) is 0 Å². The number of carboxylic acid groups (broad SMARTS) is 1. The Kier molecular flexibility index (Phi) is 10.8. The van der Waals surface area contributed by atoms with Gasteiger partial charge in [0, 0.05) is 37.0 Å². The molecule has 0 aromatic carbocycles. The summed E-state index contributed by atoms with van der Waals surface area (Å²) < 4.78 is 6.17. The number of urea groups is 1. The molecule has 10 nitrogen and oxygen atoms in total. The zero-order chi connectivity index (χ0) is 40.7. The van der Waals surface area contributed by atoms with E-state index >= 15 is 0 Å². The molecule has 0 aromatic heterocycles. The van der Waals surface area contributed by atoms with Gasteiger partial charge >= 0.3 is 18.0 Å². The van der Waals surface area contributed by atoms with Crippen molar-refractivity contribution in [1.82, 2.24) is 15.5 Å². The lowest BCUT2D eigenvalue weighted by molar-refractivity contribution is -0.233. The Morgan fingerprint density at radius 2 is 1.51 bits per heavy atom. The lowest BCUT2D eigenvalue weighted by atomic mass is 9.33. The number of amides is 3. The van der Waals surface area contributed by atoms with Crippen LogP contribution in [0.3, 0.4) is 0 Å². The quantitative estimate of drug-likeness (QED) is 0.212. The Morgan fingerprint density at radius 1 is 0.855 bits per heavy atom. The largest absolute Gasteiger partial charge is 0.481 e. The maximum atomic E-state index is 15.0. The van der Waals surface area contributed by atoms with E-state index in [4.69, 9.17) is 4.74 Å². The summed E-state index contributed by atoms with van der Waals surface area (Å²) in [6.45, 7) is 24.5. The minimum atomic E-state index is -1.18. The molecule has 1 saturated heterocycles. The number of piperidine rings is 1. The molecular formula is C45H71N3O7. The molecule has 5 aliphatic carbocycles. The summed E-state index contributed by atoms with van der Waals surface area (Å²) in [6.07, 6.45) is 8.68. The minimum Gasteiger partial charge on any atom is -0.481 e. The smallest absolute Gasteiger partial charge is 0.315 e. The van der Waals surface area contributed by atoms with Gasteiger partial charge in [-0.25, -0.2) is 4.79 Å². The summed E-state index contributed by atoms with van der Waals surface area (Å²) in [5, 5.41) is 15.6. The van der Waals surface area contributed by atoms with Crippen LogP contribution in [0.5, 0.6) is 0 Å². The van der Waals surface area contributed by atoms with Crippen LogP contribution in [0.1, 0.15) is 153 Å². The molecule has 6 aliphatic rings. The van der Waals surface area contributed by atoms with Crippen molar-refractivity contribution in [3.8, 4) is 0 Å². The Labute approximate surface area is 330 Å². The summed E-state index contributed by atoms with van der Waals surface area (Å²) in [5.74, 6) is -0.140. The average molecular weight is 766 g/mol. The van der Waals surface area contributed by atoms with Crippen molar-refractivity contribution in [2.24, 2.45) is 56.2 Å². The number of Topliss-reactive ketones (excluding diaryl/α,β-unsaturated/α-hetero) is 1. The van der Waals surface area contributed by atoms with E-state index in [0.29, 0.717) is 44.2 Å². The first kappa shape index (κ1) is 41.7. The molecule has 0 unspecified atom stereocenters. The minimum absolute atomic E-state index is 0.00276. The third-order valence-electron chi connectivity index (χ3n) is 16.8. The topological polar surface area (TPSA) is 142 Å². The Hall–Kier alpha value is -2.91. The summed E-state index contributed by atoms with van der Waals surface area (Å²) in [4.78, 5) is 68.5. The van der Waals surface area contributed by atoms with E-state index in [2.05, 4.69) is 59.1 Å². The number of likely N-dealkylation sites (tertiary alicyclic amines) is 1. The van der Waals surface area contributed by atoms with Gasteiger partial charge in [0.1, 0.15) is 6.10 Å². The van der Waals surface area contributed by atoms with Crippen molar-refractivity contribution < 1.29 is 33.8 Å². The van der Waals surface area contributed by atoms with Crippen molar-refractivity contribution in [3.05, 3.63) is 11.1 Å². The summed E-state index contributed by atoms with van der Waals surface area (Å²) >= 11 is 0. The number of nitrogens with zero attached hydrogens (tertiary/aromatic N) is 1. The zero-order valence-electron chi connectivity index (χ0n) is 35.8. The molecule has 3 N–H and O–H groups in total. The van der Waals surface area contributed by atoms with Crippen LogP contribution in [0.2, 0.25) is 0 Å². The van der Waals surface area contributed by atoms with Gasteiger partial charge in [-0.1, -0.05) is 48.5 Å². The number of carbonyl (C=O) groups excluding carboxylic acids is 4. The number of aliphatic carboxylic acids is 1. The van der Waals surface area contributed by atoms with Gasteiger partial charge in [-0.05, 0) is 143 Å². The summed E-state index contributed by atoms with van der Waals surface area (Å²) in [6, 6.07) is -0.0932. The first-order chi connectivity index (χ1) is 25.4. The van der Waals surface area contributed by atoms with Gasteiger partial charge in [0.25, 0.3) is 0 Å². The van der Waals surface area contributed by atoms with E-state index < -0.39 is 22.8 Å². The Bertz CT molecular complexity index is 1620. The third kappa shape index (κ3) is 6.65. The highest BCUT2D eigenvalue weighted by atomic mass is 16.5. The monoisotopic (exact) mass is 766 g/mol. The molecule has 3 amide bonds. The van der Waals surface area contributed by atoms with Gasteiger partial charge in [0.2, 0.25) is 5.91 Å². The number of esters is 1. The van der Waals surface area contributed by atoms with E-state index in [1.54, 1.807) is 13.8 Å². The molecule has 10 heteroatoms. The number of ketones is 1. The second kappa shape index (κ2) is 14.2. The molecule has 308 valence electrons. The van der Waals surface area contributed by atoms with Crippen LogP contribution < -0.4 is 10.6 Å². The second-order valence-corrected chi connectivity index (χ2v) is 21.3. The molecule has 0 radical (unpaired) electrons. The molecule has 8 atom stereocenters. The third-order valence-corrected chi connectivity index (χ3v) is 16.8. The zero-order valence-corrected chi connectivity index (χ0v) is 35.8. The number of nitrogens with one attached hydrogen (secondary N) is 2. The number of hydrogen-bond acceptors (Lipinski definition) is 6. The number of carbonyl (C=O) groups is 5. The van der Waals surface area contributed by atoms with Crippen LogP contribution in [0.25, 0.3) is 0 Å². The highest BCUT2D eigenvalue weighted by Gasteiger charge is 2.71. The van der Waals surface area contributed by atoms with Crippen LogP contribution in [-0.2, 0) is 23.9 Å². The highest BCUT2D eigenvalue weighted by Crippen LogP contribution is 2.77. The summed E-state index contributed by atoms with van der Waals surface area (Å²) in [7, 11) is 0. The first-order valence-corrected chi connectivity index (χ1v) is 21.5. The van der Waals surface area contributed by atoms with Crippen molar-refractivity contribution >= 4 is 29.7 Å². The molecule has 0 aromatic rings. The first-order valence-electron chi connectivity index (χ1n) is 21.5. The molecule has 4 saturated carbocycles. The standard InChI is InChI=1S/C45H71N3O7/c1-26(2)35-30(49)24-45(37(51)48-22-16-28(17-23-48)47-39(54)46-27(3)4)21-20-43(10)29(36(35)45)12-13-32-42(9)18-15-33(55-34(50)25-40(5,6)38(52)53)41(7,8)31(42)14-19-44(32,43)11/h26-29,31-33H,12-25H2,1-11H3,(H,52,53)(H2,46,47,54)/t29-,31+,32-,33+,42+,43-,44-,45-/m1/s1. The van der Waals surface area contributed by atoms with Gasteiger partial charge in [0.05, 0.1) is 17.3 Å². The maximum absolute atomic E-state index is 15.0. The number of fused-ring (bicyclic) bond motifs is 7. The predicted octanol–water partition coefficient (Wildman–Crippen LogP) is 8.08. The Balaban J connectivity index is 1.25. The number of ether oxygens (including phenoxy) is 1. The lowest BCUT2D eigenvalue weighted by Crippen LogP contribution is -2.66. The van der Waals surface area contributed by atoms with E-state index in [1.165, 1.54) is 5.57 Å². The molecule has 0 spiro atoms. The lowest BCUT2D eigenvalue weighted by Gasteiger charge is -2.72. The normalized spacial score (nSPS) is 37.5. The van der Waals surface area contributed by atoms with Crippen LogP contribution in [0.4, 0.5) is 4.79 Å². The predicted molar refractivity (Wildman–Crippen MR) is 212 cm³/mol.